The van der Waals surface area contributed by atoms with E-state index in [1.54, 1.807) is 30.3 Å². The average molecular weight is 506 g/mol. The van der Waals surface area contributed by atoms with Gasteiger partial charge in [-0.1, -0.05) is 42.1 Å². The van der Waals surface area contributed by atoms with Crippen LogP contribution in [0.4, 0.5) is 17.2 Å². The zero-order chi connectivity index (χ0) is 25.4. The SMILES string of the molecule is O=C1CCCC2=C1C(c1ccccc1[N+](=O)[O-])c1c(nc(SCc3ccc([N+](=O)[O-])cc3)[nH]c1=O)N2. The molecule has 2 heterocycles. The number of ketones is 1. The summed E-state index contributed by atoms with van der Waals surface area (Å²) in [6.07, 6.45) is 1.51. The minimum absolute atomic E-state index is 0.0135. The Morgan fingerprint density at radius 2 is 1.75 bits per heavy atom. The van der Waals surface area contributed by atoms with E-state index in [9.17, 15) is 29.8 Å². The average Bonchev–Trinajstić information content (AvgIpc) is 2.86. The van der Waals surface area contributed by atoms with E-state index in [0.29, 0.717) is 41.4 Å². The minimum atomic E-state index is -0.907. The van der Waals surface area contributed by atoms with Gasteiger partial charge in [0.2, 0.25) is 0 Å². The maximum atomic E-state index is 13.3. The lowest BCUT2D eigenvalue weighted by atomic mass is 9.76. The summed E-state index contributed by atoms with van der Waals surface area (Å²) in [6, 6.07) is 12.2. The van der Waals surface area contributed by atoms with Crippen molar-refractivity contribution >= 4 is 34.7 Å². The van der Waals surface area contributed by atoms with Crippen molar-refractivity contribution < 1.29 is 14.6 Å². The molecule has 0 fully saturated rings. The van der Waals surface area contributed by atoms with Gasteiger partial charge in [0.1, 0.15) is 5.82 Å². The van der Waals surface area contributed by atoms with Gasteiger partial charge < -0.3 is 10.3 Å². The number of nitro benzene ring substituents is 2. The van der Waals surface area contributed by atoms with Crippen LogP contribution in [0.2, 0.25) is 0 Å². The largest absolute Gasteiger partial charge is 0.343 e. The number of aromatic amines is 1. The van der Waals surface area contributed by atoms with E-state index in [-0.39, 0.29) is 34.1 Å². The predicted molar refractivity (Wildman–Crippen MR) is 132 cm³/mol. The van der Waals surface area contributed by atoms with Crippen LogP contribution in [0.1, 0.15) is 41.9 Å². The van der Waals surface area contributed by atoms with Crippen molar-refractivity contribution in [2.75, 3.05) is 5.32 Å². The third-order valence-corrected chi connectivity index (χ3v) is 7.15. The lowest BCUT2D eigenvalue weighted by molar-refractivity contribution is -0.385. The van der Waals surface area contributed by atoms with Crippen molar-refractivity contribution in [3.8, 4) is 0 Å². The van der Waals surface area contributed by atoms with E-state index in [4.69, 9.17) is 0 Å². The number of nitro groups is 2. The number of benzene rings is 2. The highest BCUT2D eigenvalue weighted by Crippen LogP contribution is 2.45. The number of H-pyrrole nitrogens is 1. The molecule has 1 aliphatic carbocycles. The molecule has 1 unspecified atom stereocenters. The topological polar surface area (TPSA) is 161 Å². The highest BCUT2D eigenvalue weighted by Gasteiger charge is 2.40. The van der Waals surface area contributed by atoms with Gasteiger partial charge in [0.25, 0.3) is 16.9 Å². The van der Waals surface area contributed by atoms with E-state index in [2.05, 4.69) is 15.3 Å². The van der Waals surface area contributed by atoms with Gasteiger partial charge in [-0.3, -0.25) is 29.8 Å². The molecule has 5 rings (SSSR count). The Morgan fingerprint density at radius 1 is 1.00 bits per heavy atom. The number of fused-ring (bicyclic) bond motifs is 1. The number of anilines is 1. The molecule has 0 saturated carbocycles. The summed E-state index contributed by atoms with van der Waals surface area (Å²) in [5, 5.41) is 26.1. The molecule has 1 aromatic heterocycles. The van der Waals surface area contributed by atoms with Crippen molar-refractivity contribution in [2.24, 2.45) is 0 Å². The number of thioether (sulfide) groups is 1. The summed E-state index contributed by atoms with van der Waals surface area (Å²) in [5.41, 5.74) is 1.57. The van der Waals surface area contributed by atoms with E-state index >= 15 is 0 Å². The summed E-state index contributed by atoms with van der Waals surface area (Å²) in [6.45, 7) is 0. The molecule has 1 aliphatic heterocycles. The highest BCUT2D eigenvalue weighted by molar-refractivity contribution is 7.98. The normalized spacial score (nSPS) is 16.7. The summed E-state index contributed by atoms with van der Waals surface area (Å²) in [5.74, 6) is -0.384. The Kier molecular flexibility index (Phi) is 6.10. The fourth-order valence-electron chi connectivity index (χ4n) is 4.58. The number of para-hydroxylation sites is 1. The molecule has 2 aromatic carbocycles. The van der Waals surface area contributed by atoms with Crippen LogP contribution < -0.4 is 10.9 Å². The number of carbonyl (C=O) groups is 1. The molecule has 12 heteroatoms. The third-order valence-electron chi connectivity index (χ3n) is 6.20. The number of aromatic nitrogens is 2. The first-order valence-electron chi connectivity index (χ1n) is 11.1. The maximum absolute atomic E-state index is 13.3. The number of nitrogens with one attached hydrogen (secondary N) is 2. The lowest BCUT2D eigenvalue weighted by Crippen LogP contribution is -2.33. The molecule has 0 amide bonds. The molecule has 0 spiro atoms. The summed E-state index contributed by atoms with van der Waals surface area (Å²) in [4.78, 5) is 55.3. The Labute approximate surface area is 208 Å². The maximum Gasteiger partial charge on any atom is 0.273 e. The molecule has 3 aromatic rings. The van der Waals surface area contributed by atoms with Gasteiger partial charge in [-0.15, -0.1) is 0 Å². The van der Waals surface area contributed by atoms with Crippen LogP contribution in [-0.2, 0) is 10.5 Å². The van der Waals surface area contributed by atoms with Crippen molar-refractivity contribution in [1.82, 2.24) is 9.97 Å². The van der Waals surface area contributed by atoms with Crippen LogP contribution >= 0.6 is 11.8 Å². The van der Waals surface area contributed by atoms with Crippen LogP contribution in [0.3, 0.4) is 0 Å². The number of allylic oxidation sites excluding steroid dienone is 2. The minimum Gasteiger partial charge on any atom is -0.343 e. The second-order valence-corrected chi connectivity index (χ2v) is 9.35. The quantitative estimate of drug-likeness (QED) is 0.213. The molecule has 1 atom stereocenters. The summed E-state index contributed by atoms with van der Waals surface area (Å²) in [7, 11) is 0. The highest BCUT2D eigenvalue weighted by atomic mass is 32.2. The molecule has 0 radical (unpaired) electrons. The third kappa shape index (κ3) is 4.26. The standard InChI is InChI=1S/C24H19N5O6S/c30-18-7-3-5-16-20(18)19(15-4-1-2-6-17(15)29(34)35)21-22(25-16)26-24(27-23(21)31)36-12-13-8-10-14(11-9-13)28(32)33/h1-2,4,6,8-11,19H,3,5,7,12H2,(H2,25,26,27,31). The fraction of sp³-hybridized carbons (Fsp3) is 0.208. The molecule has 2 aliphatic rings. The van der Waals surface area contributed by atoms with E-state index in [0.717, 1.165) is 5.56 Å². The van der Waals surface area contributed by atoms with Crippen LogP contribution in [0.25, 0.3) is 0 Å². The number of carbonyl (C=O) groups excluding carboxylic acids is 1. The number of rotatable bonds is 6. The van der Waals surface area contributed by atoms with Crippen LogP contribution in [0.5, 0.6) is 0 Å². The van der Waals surface area contributed by atoms with Crippen molar-refractivity contribution in [2.45, 2.75) is 36.1 Å². The predicted octanol–water partition coefficient (Wildman–Crippen LogP) is 4.44. The van der Waals surface area contributed by atoms with E-state index in [1.807, 2.05) is 0 Å². The molecular weight excluding hydrogens is 486 g/mol. The molecule has 0 saturated heterocycles. The number of Topliss-reactive ketones (excluding diaryl/α,β-unsaturated/α-hetero) is 1. The second-order valence-electron chi connectivity index (χ2n) is 8.39. The molecule has 0 bridgehead atoms. The van der Waals surface area contributed by atoms with Gasteiger partial charge in [0, 0.05) is 47.2 Å². The van der Waals surface area contributed by atoms with Gasteiger partial charge >= 0.3 is 0 Å². The Morgan fingerprint density at radius 3 is 2.47 bits per heavy atom. The van der Waals surface area contributed by atoms with E-state index in [1.165, 1.54) is 30.0 Å². The summed E-state index contributed by atoms with van der Waals surface area (Å²) >= 11 is 1.24. The van der Waals surface area contributed by atoms with Crippen molar-refractivity contribution in [3.63, 3.8) is 0 Å². The lowest BCUT2D eigenvalue weighted by Gasteiger charge is -2.32. The molecule has 182 valence electrons. The Hall–Kier alpha value is -4.32. The number of non-ortho nitro benzene ring substituents is 1. The summed E-state index contributed by atoms with van der Waals surface area (Å²) < 4.78 is 0. The van der Waals surface area contributed by atoms with Crippen LogP contribution in [0, 0.1) is 20.2 Å². The van der Waals surface area contributed by atoms with Crippen molar-refractivity contribution in [3.05, 3.63) is 107 Å². The Bertz CT molecular complexity index is 1500. The molecule has 2 N–H and O–H groups in total. The van der Waals surface area contributed by atoms with Gasteiger partial charge in [-0.25, -0.2) is 4.98 Å². The van der Waals surface area contributed by atoms with Gasteiger partial charge in [0.05, 0.1) is 21.3 Å². The van der Waals surface area contributed by atoms with Gasteiger partial charge in [0.15, 0.2) is 10.9 Å². The van der Waals surface area contributed by atoms with Gasteiger partial charge in [-0.2, -0.15) is 0 Å². The zero-order valence-electron chi connectivity index (χ0n) is 18.7. The molecular formula is C24H19N5O6S. The monoisotopic (exact) mass is 505 g/mol. The fourth-order valence-corrected chi connectivity index (χ4v) is 5.40. The Balaban J connectivity index is 1.55. The molecule has 36 heavy (non-hydrogen) atoms. The zero-order valence-corrected chi connectivity index (χ0v) is 19.5. The first kappa shape index (κ1) is 23.4. The van der Waals surface area contributed by atoms with Crippen molar-refractivity contribution in [1.29, 1.82) is 0 Å². The number of hydrogen-bond acceptors (Lipinski definition) is 9. The van der Waals surface area contributed by atoms with Crippen LogP contribution in [-0.4, -0.2) is 25.6 Å². The first-order chi connectivity index (χ1) is 17.3. The second kappa shape index (κ2) is 9.38. The first-order valence-corrected chi connectivity index (χ1v) is 12.1. The number of hydrogen-bond donors (Lipinski definition) is 2. The van der Waals surface area contributed by atoms with Gasteiger partial charge in [-0.05, 0) is 18.4 Å². The molecule has 11 nitrogen and oxygen atoms in total. The smallest absolute Gasteiger partial charge is 0.273 e. The van der Waals surface area contributed by atoms with Crippen LogP contribution in [0.15, 0.2) is 69.8 Å². The van der Waals surface area contributed by atoms with E-state index < -0.39 is 21.3 Å². The number of nitrogens with zero attached hydrogens (tertiary/aromatic N) is 3.